The molecule has 3 aromatic rings. The van der Waals surface area contributed by atoms with E-state index in [1.54, 1.807) is 6.07 Å². The Balaban J connectivity index is 2.06. The van der Waals surface area contributed by atoms with Gasteiger partial charge in [-0.15, -0.1) is 0 Å². The van der Waals surface area contributed by atoms with Gasteiger partial charge in [0.25, 0.3) is 6.43 Å². The third-order valence-electron chi connectivity index (χ3n) is 3.07. The van der Waals surface area contributed by atoms with Gasteiger partial charge in [0, 0.05) is 12.3 Å². The van der Waals surface area contributed by atoms with Crippen molar-refractivity contribution in [1.82, 2.24) is 10.1 Å². The highest BCUT2D eigenvalue weighted by atomic mass is 19.3. The molecule has 0 radical (unpaired) electrons. The molecule has 2 aromatic heterocycles. The van der Waals surface area contributed by atoms with E-state index in [1.165, 1.54) is 24.4 Å². The molecular weight excluding hydrogens is 323 g/mol. The van der Waals surface area contributed by atoms with Gasteiger partial charge in [-0.05, 0) is 24.3 Å². The molecule has 8 heteroatoms. The first-order valence-electron chi connectivity index (χ1n) is 6.66. The van der Waals surface area contributed by atoms with Crippen LogP contribution in [0.3, 0.4) is 0 Å². The number of nitrogens with zero attached hydrogens (tertiary/aromatic N) is 3. The molecule has 0 N–H and O–H groups in total. The van der Waals surface area contributed by atoms with Gasteiger partial charge >= 0.3 is 0 Å². The predicted molar refractivity (Wildman–Crippen MR) is 75.9 cm³/mol. The van der Waals surface area contributed by atoms with E-state index in [-0.39, 0.29) is 28.5 Å². The summed E-state index contributed by atoms with van der Waals surface area (Å²) in [5.74, 6) is -1.05. The molecule has 0 aliphatic rings. The summed E-state index contributed by atoms with van der Waals surface area (Å²) in [6.45, 7) is 0. The van der Waals surface area contributed by atoms with Gasteiger partial charge in [0.2, 0.25) is 5.88 Å². The highest BCUT2D eigenvalue weighted by Crippen LogP contribution is 2.37. The van der Waals surface area contributed by atoms with Crippen molar-refractivity contribution in [2.45, 2.75) is 6.43 Å². The maximum atomic E-state index is 14.2. The Bertz CT molecular complexity index is 919. The maximum Gasteiger partial charge on any atom is 0.283 e. The number of benzene rings is 1. The zero-order valence-corrected chi connectivity index (χ0v) is 11.9. The van der Waals surface area contributed by atoms with Crippen molar-refractivity contribution in [1.29, 1.82) is 5.26 Å². The minimum absolute atomic E-state index is 0.0397. The Morgan fingerprint density at radius 2 is 2.04 bits per heavy atom. The van der Waals surface area contributed by atoms with Crippen LogP contribution in [0.15, 0.2) is 47.1 Å². The summed E-state index contributed by atoms with van der Waals surface area (Å²) in [6.07, 6.45) is -1.45. The van der Waals surface area contributed by atoms with Gasteiger partial charge in [-0.2, -0.15) is 5.26 Å². The summed E-state index contributed by atoms with van der Waals surface area (Å²) < 4.78 is 49.8. The number of hydrogen-bond acceptors (Lipinski definition) is 5. The number of pyridine rings is 1. The first kappa shape index (κ1) is 15.6. The standard InChI is InChI=1S/C16H8F3N3O2/c17-10-4-1-5-12(23-16-9(8-20)3-2-6-21-16)14(10)13-7-11(15(18)19)22-24-13/h1-7,15H. The summed E-state index contributed by atoms with van der Waals surface area (Å²) >= 11 is 0. The molecule has 1 aromatic carbocycles. The maximum absolute atomic E-state index is 14.2. The van der Waals surface area contributed by atoms with E-state index in [2.05, 4.69) is 10.1 Å². The fourth-order valence-corrected chi connectivity index (χ4v) is 2.00. The first-order valence-corrected chi connectivity index (χ1v) is 6.66. The third-order valence-corrected chi connectivity index (χ3v) is 3.07. The lowest BCUT2D eigenvalue weighted by atomic mass is 10.1. The van der Waals surface area contributed by atoms with Gasteiger partial charge in [0.15, 0.2) is 5.76 Å². The highest BCUT2D eigenvalue weighted by molar-refractivity contribution is 5.67. The second kappa shape index (κ2) is 6.42. The lowest BCUT2D eigenvalue weighted by Crippen LogP contribution is -1.95. The summed E-state index contributed by atoms with van der Waals surface area (Å²) in [4.78, 5) is 3.91. The summed E-state index contributed by atoms with van der Waals surface area (Å²) in [5, 5.41) is 12.2. The van der Waals surface area contributed by atoms with Crippen molar-refractivity contribution in [3.8, 4) is 29.0 Å². The average Bonchev–Trinajstić information content (AvgIpc) is 3.05. The van der Waals surface area contributed by atoms with Gasteiger partial charge in [-0.1, -0.05) is 11.2 Å². The molecule has 0 spiro atoms. The van der Waals surface area contributed by atoms with E-state index in [1.807, 2.05) is 6.07 Å². The smallest absolute Gasteiger partial charge is 0.283 e. The van der Waals surface area contributed by atoms with E-state index >= 15 is 0 Å². The van der Waals surface area contributed by atoms with Gasteiger partial charge in [0.05, 0.1) is 5.56 Å². The number of ether oxygens (including phenoxy) is 1. The molecule has 0 saturated carbocycles. The highest BCUT2D eigenvalue weighted by Gasteiger charge is 2.21. The minimum Gasteiger partial charge on any atom is -0.437 e. The molecule has 0 fully saturated rings. The molecule has 0 saturated heterocycles. The van der Waals surface area contributed by atoms with Gasteiger partial charge in [0.1, 0.15) is 28.9 Å². The topological polar surface area (TPSA) is 71.9 Å². The molecule has 0 aliphatic carbocycles. The minimum atomic E-state index is -2.85. The normalized spacial score (nSPS) is 10.6. The third kappa shape index (κ3) is 2.92. The Kier molecular flexibility index (Phi) is 4.16. The fraction of sp³-hybridized carbons (Fsp3) is 0.0625. The molecule has 3 rings (SSSR count). The monoisotopic (exact) mass is 331 g/mol. The average molecular weight is 331 g/mol. The SMILES string of the molecule is N#Cc1cccnc1Oc1cccc(F)c1-c1cc(C(F)F)no1. The van der Waals surface area contributed by atoms with E-state index in [0.29, 0.717) is 0 Å². The van der Waals surface area contributed by atoms with E-state index in [9.17, 15) is 13.2 Å². The summed E-state index contributed by atoms with van der Waals surface area (Å²) in [7, 11) is 0. The molecule has 5 nitrogen and oxygen atoms in total. The number of aromatic nitrogens is 2. The largest absolute Gasteiger partial charge is 0.437 e. The second-order valence-electron chi connectivity index (χ2n) is 4.60. The Labute approximate surface area is 133 Å². The van der Waals surface area contributed by atoms with E-state index in [4.69, 9.17) is 14.5 Å². The van der Waals surface area contributed by atoms with Crippen molar-refractivity contribution >= 4 is 0 Å². The van der Waals surface area contributed by atoms with Gasteiger partial charge < -0.3 is 9.26 Å². The van der Waals surface area contributed by atoms with Crippen molar-refractivity contribution < 1.29 is 22.4 Å². The number of rotatable bonds is 4. The zero-order chi connectivity index (χ0) is 17.1. The molecule has 0 bridgehead atoms. The van der Waals surface area contributed by atoms with Crippen LogP contribution in [0, 0.1) is 17.1 Å². The molecule has 0 atom stereocenters. The van der Waals surface area contributed by atoms with E-state index in [0.717, 1.165) is 12.1 Å². The fourth-order valence-electron chi connectivity index (χ4n) is 2.00. The van der Waals surface area contributed by atoms with Crippen molar-refractivity contribution in [2.24, 2.45) is 0 Å². The lowest BCUT2D eigenvalue weighted by molar-refractivity contribution is 0.140. The molecule has 0 unspecified atom stereocenters. The van der Waals surface area contributed by atoms with Crippen molar-refractivity contribution in [3.05, 3.63) is 59.7 Å². The summed E-state index contributed by atoms with van der Waals surface area (Å²) in [6, 6.07) is 9.74. The molecule has 0 amide bonds. The lowest BCUT2D eigenvalue weighted by Gasteiger charge is -2.10. The van der Waals surface area contributed by atoms with E-state index < -0.39 is 17.9 Å². The van der Waals surface area contributed by atoms with Crippen LogP contribution in [0.1, 0.15) is 17.7 Å². The van der Waals surface area contributed by atoms with Gasteiger partial charge in [-0.3, -0.25) is 0 Å². The zero-order valence-electron chi connectivity index (χ0n) is 11.9. The predicted octanol–water partition coefficient (Wildman–Crippen LogP) is 4.48. The molecular formula is C16H8F3N3O2. The quantitative estimate of drug-likeness (QED) is 0.705. The molecule has 24 heavy (non-hydrogen) atoms. The van der Waals surface area contributed by atoms with Crippen LogP contribution < -0.4 is 4.74 Å². The molecule has 0 aliphatic heterocycles. The van der Waals surface area contributed by atoms with Gasteiger partial charge in [-0.25, -0.2) is 18.2 Å². The van der Waals surface area contributed by atoms with Crippen LogP contribution in [-0.4, -0.2) is 10.1 Å². The van der Waals surface area contributed by atoms with Crippen LogP contribution in [0.4, 0.5) is 13.2 Å². The van der Waals surface area contributed by atoms with Crippen LogP contribution in [0.2, 0.25) is 0 Å². The molecule has 120 valence electrons. The van der Waals surface area contributed by atoms with Crippen LogP contribution in [-0.2, 0) is 0 Å². The van der Waals surface area contributed by atoms with Crippen LogP contribution in [0.5, 0.6) is 11.6 Å². The number of alkyl halides is 2. The molecule has 2 heterocycles. The number of hydrogen-bond donors (Lipinski definition) is 0. The Morgan fingerprint density at radius 1 is 1.21 bits per heavy atom. The Morgan fingerprint density at radius 3 is 2.75 bits per heavy atom. The number of halogens is 3. The summed E-state index contributed by atoms with van der Waals surface area (Å²) in [5.41, 5.74) is -0.667. The number of nitriles is 1. The van der Waals surface area contributed by atoms with Crippen LogP contribution in [0.25, 0.3) is 11.3 Å². The van der Waals surface area contributed by atoms with Crippen molar-refractivity contribution in [2.75, 3.05) is 0 Å². The first-order chi connectivity index (χ1) is 11.6. The second-order valence-corrected chi connectivity index (χ2v) is 4.60. The van der Waals surface area contributed by atoms with Crippen molar-refractivity contribution in [3.63, 3.8) is 0 Å². The van der Waals surface area contributed by atoms with Crippen LogP contribution >= 0.6 is 0 Å². The Hall–Kier alpha value is -3.34.